The van der Waals surface area contributed by atoms with Gasteiger partial charge in [-0.25, -0.2) is 0 Å². The van der Waals surface area contributed by atoms with E-state index >= 15 is 0 Å². The minimum atomic E-state index is 0.565. The predicted molar refractivity (Wildman–Crippen MR) is 73.1 cm³/mol. The van der Waals surface area contributed by atoms with Gasteiger partial charge in [-0.3, -0.25) is 4.90 Å². The molecule has 2 saturated heterocycles. The highest BCUT2D eigenvalue weighted by Gasteiger charge is 2.31. The van der Waals surface area contributed by atoms with Crippen LogP contribution in [0.3, 0.4) is 0 Å². The number of nitrogens with zero attached hydrogens (tertiary/aromatic N) is 1. The summed E-state index contributed by atoms with van der Waals surface area (Å²) in [6.07, 6.45) is 3.80. The molecule has 2 aliphatic rings. The molecule has 18 heavy (non-hydrogen) atoms. The number of hydrogen-bond acceptors (Lipinski definition) is 3. The van der Waals surface area contributed by atoms with Crippen LogP contribution >= 0.6 is 0 Å². The number of para-hydroxylation sites is 1. The highest BCUT2D eigenvalue weighted by atomic mass is 16.5. The summed E-state index contributed by atoms with van der Waals surface area (Å²) < 4.78 is 5.43. The van der Waals surface area contributed by atoms with Crippen molar-refractivity contribution < 1.29 is 4.74 Å². The maximum Gasteiger partial charge on any atom is 0.122 e. The second-order valence-electron chi connectivity index (χ2n) is 5.41. The quantitative estimate of drug-likeness (QED) is 0.878. The standard InChI is InChI=1S/C15H22N2O/c1-18-15-7-3-2-5-12(15)9-13-11-17-8-4-6-14(17)10-16-13/h2-3,5,7,13-14,16H,4,6,8-11H2,1H3/t13-,14+/m1/s1. The third-order valence-corrected chi connectivity index (χ3v) is 4.25. The van der Waals surface area contributed by atoms with E-state index in [-0.39, 0.29) is 0 Å². The fraction of sp³-hybridized carbons (Fsp3) is 0.600. The van der Waals surface area contributed by atoms with Crippen LogP contribution in [0.5, 0.6) is 5.75 Å². The average Bonchev–Trinajstić information content (AvgIpc) is 2.87. The summed E-state index contributed by atoms with van der Waals surface area (Å²) >= 11 is 0. The van der Waals surface area contributed by atoms with Crippen LogP contribution in [-0.4, -0.2) is 43.7 Å². The van der Waals surface area contributed by atoms with E-state index in [1.807, 2.05) is 6.07 Å². The molecule has 1 aromatic carbocycles. The molecule has 98 valence electrons. The predicted octanol–water partition coefficient (Wildman–Crippen LogP) is 1.67. The summed E-state index contributed by atoms with van der Waals surface area (Å²) in [5, 5.41) is 3.69. The number of methoxy groups -OCH3 is 1. The number of piperazine rings is 1. The lowest BCUT2D eigenvalue weighted by molar-refractivity contribution is 0.172. The van der Waals surface area contributed by atoms with Crippen molar-refractivity contribution in [2.24, 2.45) is 0 Å². The number of rotatable bonds is 3. The maximum absolute atomic E-state index is 5.43. The van der Waals surface area contributed by atoms with Crippen molar-refractivity contribution in [3.8, 4) is 5.75 Å². The molecule has 2 heterocycles. The number of nitrogens with one attached hydrogen (secondary N) is 1. The molecule has 2 aliphatic heterocycles. The SMILES string of the molecule is COc1ccccc1C[C@@H]1CN2CCC[C@H]2CN1. The van der Waals surface area contributed by atoms with Crippen molar-refractivity contribution in [1.82, 2.24) is 10.2 Å². The normalized spacial score (nSPS) is 28.1. The van der Waals surface area contributed by atoms with E-state index in [0.29, 0.717) is 6.04 Å². The highest BCUT2D eigenvalue weighted by Crippen LogP contribution is 2.23. The minimum Gasteiger partial charge on any atom is -0.496 e. The van der Waals surface area contributed by atoms with Gasteiger partial charge in [-0.05, 0) is 37.4 Å². The van der Waals surface area contributed by atoms with Crippen LogP contribution in [0.15, 0.2) is 24.3 Å². The Morgan fingerprint density at radius 1 is 1.39 bits per heavy atom. The topological polar surface area (TPSA) is 24.5 Å². The number of fused-ring (bicyclic) bond motifs is 1. The van der Waals surface area contributed by atoms with E-state index in [2.05, 4.69) is 28.4 Å². The Labute approximate surface area is 109 Å². The molecule has 0 radical (unpaired) electrons. The molecule has 2 fully saturated rings. The first kappa shape index (κ1) is 12.0. The Kier molecular flexibility index (Phi) is 3.52. The Balaban J connectivity index is 1.66. The van der Waals surface area contributed by atoms with Gasteiger partial charge in [0.05, 0.1) is 7.11 Å². The average molecular weight is 246 g/mol. The van der Waals surface area contributed by atoms with Crippen molar-refractivity contribution >= 4 is 0 Å². The van der Waals surface area contributed by atoms with Gasteiger partial charge in [-0.15, -0.1) is 0 Å². The molecule has 3 heteroatoms. The van der Waals surface area contributed by atoms with Crippen molar-refractivity contribution in [3.05, 3.63) is 29.8 Å². The first-order chi connectivity index (χ1) is 8.86. The summed E-state index contributed by atoms with van der Waals surface area (Å²) in [5.74, 6) is 1.02. The molecule has 0 unspecified atom stereocenters. The molecule has 3 rings (SSSR count). The van der Waals surface area contributed by atoms with Crippen LogP contribution in [0.1, 0.15) is 18.4 Å². The van der Waals surface area contributed by atoms with Crippen LogP contribution < -0.4 is 10.1 Å². The van der Waals surface area contributed by atoms with Gasteiger partial charge in [-0.1, -0.05) is 18.2 Å². The zero-order chi connectivity index (χ0) is 12.4. The first-order valence-corrected chi connectivity index (χ1v) is 6.96. The van der Waals surface area contributed by atoms with Crippen molar-refractivity contribution in [2.75, 3.05) is 26.7 Å². The maximum atomic E-state index is 5.43. The van der Waals surface area contributed by atoms with E-state index < -0.39 is 0 Å². The van der Waals surface area contributed by atoms with E-state index in [1.54, 1.807) is 7.11 Å². The molecule has 0 aliphatic carbocycles. The first-order valence-electron chi connectivity index (χ1n) is 6.96. The van der Waals surface area contributed by atoms with Crippen LogP contribution in [0, 0.1) is 0 Å². The molecule has 0 aromatic heterocycles. The van der Waals surface area contributed by atoms with E-state index in [9.17, 15) is 0 Å². The molecule has 0 bridgehead atoms. The summed E-state index contributed by atoms with van der Waals surface area (Å²) in [6, 6.07) is 9.72. The number of ether oxygens (including phenoxy) is 1. The van der Waals surface area contributed by atoms with E-state index in [0.717, 1.165) is 24.8 Å². The van der Waals surface area contributed by atoms with E-state index in [1.165, 1.54) is 31.5 Å². The van der Waals surface area contributed by atoms with Crippen LogP contribution in [0.2, 0.25) is 0 Å². The Hall–Kier alpha value is -1.06. The van der Waals surface area contributed by atoms with Crippen LogP contribution in [-0.2, 0) is 6.42 Å². The van der Waals surface area contributed by atoms with Gasteiger partial charge in [0.15, 0.2) is 0 Å². The van der Waals surface area contributed by atoms with Crippen molar-refractivity contribution in [1.29, 1.82) is 0 Å². The lowest BCUT2D eigenvalue weighted by atomic mass is 10.0. The number of benzene rings is 1. The second kappa shape index (κ2) is 5.29. The monoisotopic (exact) mass is 246 g/mol. The highest BCUT2D eigenvalue weighted by molar-refractivity contribution is 5.34. The van der Waals surface area contributed by atoms with Crippen LogP contribution in [0.4, 0.5) is 0 Å². The summed E-state index contributed by atoms with van der Waals surface area (Å²) in [7, 11) is 1.75. The fourth-order valence-corrected chi connectivity index (χ4v) is 3.29. The third kappa shape index (κ3) is 2.38. The van der Waals surface area contributed by atoms with Gasteiger partial charge in [0, 0.05) is 25.2 Å². The molecule has 0 amide bonds. The van der Waals surface area contributed by atoms with Gasteiger partial charge < -0.3 is 10.1 Å². The van der Waals surface area contributed by atoms with Crippen LogP contribution in [0.25, 0.3) is 0 Å². The lowest BCUT2D eigenvalue weighted by Crippen LogP contribution is -2.54. The molecule has 0 saturated carbocycles. The summed E-state index contributed by atoms with van der Waals surface area (Å²) in [4.78, 5) is 2.65. The molecule has 1 aromatic rings. The van der Waals surface area contributed by atoms with Crippen molar-refractivity contribution in [2.45, 2.75) is 31.3 Å². The molecule has 2 atom stereocenters. The molecule has 1 N–H and O–H groups in total. The van der Waals surface area contributed by atoms with Gasteiger partial charge in [0.25, 0.3) is 0 Å². The minimum absolute atomic E-state index is 0.565. The van der Waals surface area contributed by atoms with Gasteiger partial charge in [0.2, 0.25) is 0 Å². The zero-order valence-corrected chi connectivity index (χ0v) is 11.1. The van der Waals surface area contributed by atoms with E-state index in [4.69, 9.17) is 4.74 Å². The molecule has 0 spiro atoms. The van der Waals surface area contributed by atoms with Gasteiger partial charge in [0.1, 0.15) is 5.75 Å². The van der Waals surface area contributed by atoms with Gasteiger partial charge >= 0.3 is 0 Å². The Morgan fingerprint density at radius 3 is 3.17 bits per heavy atom. The van der Waals surface area contributed by atoms with Crippen molar-refractivity contribution in [3.63, 3.8) is 0 Å². The Morgan fingerprint density at radius 2 is 2.28 bits per heavy atom. The summed E-state index contributed by atoms with van der Waals surface area (Å²) in [5.41, 5.74) is 1.31. The smallest absolute Gasteiger partial charge is 0.122 e. The third-order valence-electron chi connectivity index (χ3n) is 4.25. The molecular weight excluding hydrogens is 224 g/mol. The molecular formula is C15H22N2O. The lowest BCUT2D eigenvalue weighted by Gasteiger charge is -2.36. The van der Waals surface area contributed by atoms with Gasteiger partial charge in [-0.2, -0.15) is 0 Å². The zero-order valence-electron chi connectivity index (χ0n) is 11.1. The second-order valence-corrected chi connectivity index (χ2v) is 5.41. The summed E-state index contributed by atoms with van der Waals surface area (Å²) in [6.45, 7) is 3.62. The molecule has 3 nitrogen and oxygen atoms in total. The Bertz CT molecular complexity index is 407. The fourth-order valence-electron chi connectivity index (χ4n) is 3.29. The number of hydrogen-bond donors (Lipinski definition) is 1. The largest absolute Gasteiger partial charge is 0.496 e.